The summed E-state index contributed by atoms with van der Waals surface area (Å²) in [6.07, 6.45) is 3.42. The second-order valence-electron chi connectivity index (χ2n) is 3.26. The van der Waals surface area contributed by atoms with Crippen molar-refractivity contribution in [2.45, 2.75) is 6.92 Å². The minimum atomic E-state index is -0.129. The van der Waals surface area contributed by atoms with Crippen LogP contribution in [-0.4, -0.2) is 23.0 Å². The first-order valence-electron chi connectivity index (χ1n) is 4.87. The monoisotopic (exact) mass is 270 g/mol. The second kappa shape index (κ2) is 6.56. The molecule has 0 aliphatic heterocycles. The molecule has 0 atom stereocenters. The van der Waals surface area contributed by atoms with E-state index in [2.05, 4.69) is 10.6 Å². The zero-order valence-electron chi connectivity index (χ0n) is 9.87. The second-order valence-corrected chi connectivity index (χ2v) is 4.82. The van der Waals surface area contributed by atoms with Gasteiger partial charge in [-0.3, -0.25) is 9.59 Å². The normalized spacial score (nSPS) is 9.82. The Morgan fingerprint density at radius 1 is 1.06 bits per heavy atom. The summed E-state index contributed by atoms with van der Waals surface area (Å²) in [5.41, 5.74) is 2.34. The topological polar surface area (TPSA) is 58.2 Å². The van der Waals surface area contributed by atoms with Gasteiger partial charge in [-0.05, 0) is 37.1 Å². The van der Waals surface area contributed by atoms with Gasteiger partial charge in [0, 0.05) is 11.4 Å². The van der Waals surface area contributed by atoms with E-state index in [1.807, 2.05) is 13.0 Å². The largest absolute Gasteiger partial charge is 0.317 e. The zero-order valence-corrected chi connectivity index (χ0v) is 11.5. The van der Waals surface area contributed by atoms with Gasteiger partial charge in [-0.25, -0.2) is 0 Å². The van der Waals surface area contributed by atoms with Crippen molar-refractivity contribution in [2.75, 3.05) is 23.1 Å². The minimum Gasteiger partial charge on any atom is -0.317 e. The lowest BCUT2D eigenvalue weighted by Gasteiger charge is -2.10. The van der Waals surface area contributed by atoms with Crippen molar-refractivity contribution in [3.05, 3.63) is 23.8 Å². The molecule has 17 heavy (non-hydrogen) atoms. The lowest BCUT2D eigenvalue weighted by atomic mass is 10.2. The first-order chi connectivity index (χ1) is 8.06. The fourth-order valence-electron chi connectivity index (χ4n) is 1.16. The fourth-order valence-corrected chi connectivity index (χ4v) is 1.60. The molecule has 0 aliphatic rings. The van der Waals surface area contributed by atoms with Gasteiger partial charge in [0.05, 0.1) is 0 Å². The number of nitrogens with one attached hydrogen (secondary N) is 2. The Bertz CT molecular complexity index is 435. The van der Waals surface area contributed by atoms with Gasteiger partial charge in [0.2, 0.25) is 0 Å². The number of benzene rings is 1. The van der Waals surface area contributed by atoms with Crippen molar-refractivity contribution in [1.29, 1.82) is 0 Å². The molecule has 1 aromatic rings. The van der Waals surface area contributed by atoms with E-state index in [9.17, 15) is 9.59 Å². The Kier molecular flexibility index (Phi) is 5.37. The summed E-state index contributed by atoms with van der Waals surface area (Å²) < 4.78 is 0. The van der Waals surface area contributed by atoms with Crippen molar-refractivity contribution < 1.29 is 9.59 Å². The van der Waals surface area contributed by atoms with E-state index in [1.54, 1.807) is 24.6 Å². The SMILES string of the molecule is CSC(=O)Nc1ccc(C)c(NC(=O)SC)c1. The van der Waals surface area contributed by atoms with Crippen LogP contribution >= 0.6 is 23.5 Å². The van der Waals surface area contributed by atoms with Crippen LogP contribution < -0.4 is 10.6 Å². The number of hydrogen-bond acceptors (Lipinski definition) is 4. The molecule has 92 valence electrons. The predicted octanol–water partition coefficient (Wildman–Crippen LogP) is 3.78. The average Bonchev–Trinajstić information content (AvgIpc) is 2.33. The number of hydrogen-bond donors (Lipinski definition) is 2. The molecule has 0 heterocycles. The molecular weight excluding hydrogens is 256 g/mol. The van der Waals surface area contributed by atoms with E-state index in [0.717, 1.165) is 29.1 Å². The average molecular weight is 270 g/mol. The molecule has 0 aliphatic carbocycles. The van der Waals surface area contributed by atoms with Gasteiger partial charge in [-0.15, -0.1) is 0 Å². The number of rotatable bonds is 2. The van der Waals surface area contributed by atoms with Crippen LogP contribution in [0.1, 0.15) is 5.56 Å². The third-order valence-electron chi connectivity index (χ3n) is 2.09. The zero-order chi connectivity index (χ0) is 12.8. The molecule has 0 bridgehead atoms. The van der Waals surface area contributed by atoms with Crippen molar-refractivity contribution >= 4 is 45.4 Å². The molecule has 0 unspecified atom stereocenters. The number of aryl methyl sites for hydroxylation is 1. The van der Waals surface area contributed by atoms with Gasteiger partial charge in [-0.2, -0.15) is 0 Å². The lowest BCUT2D eigenvalue weighted by molar-refractivity contribution is 0.269. The summed E-state index contributed by atoms with van der Waals surface area (Å²) in [4.78, 5) is 22.5. The van der Waals surface area contributed by atoms with E-state index < -0.39 is 0 Å². The molecule has 2 amide bonds. The van der Waals surface area contributed by atoms with Crippen molar-refractivity contribution in [3.63, 3.8) is 0 Å². The number of anilines is 2. The molecule has 0 fully saturated rings. The minimum absolute atomic E-state index is 0.124. The number of amides is 2. The van der Waals surface area contributed by atoms with E-state index in [0.29, 0.717) is 11.4 Å². The van der Waals surface area contributed by atoms with Gasteiger partial charge in [0.25, 0.3) is 10.5 Å². The Labute approximate surface area is 109 Å². The first kappa shape index (κ1) is 13.9. The fraction of sp³-hybridized carbons (Fsp3) is 0.273. The third kappa shape index (κ3) is 4.32. The molecule has 0 saturated heterocycles. The summed E-state index contributed by atoms with van der Waals surface area (Å²) in [7, 11) is 0. The molecule has 2 N–H and O–H groups in total. The van der Waals surface area contributed by atoms with Crippen LogP contribution in [0.25, 0.3) is 0 Å². The van der Waals surface area contributed by atoms with Crippen LogP contribution in [0.4, 0.5) is 21.0 Å². The van der Waals surface area contributed by atoms with Crippen LogP contribution in [0.3, 0.4) is 0 Å². The molecule has 4 nitrogen and oxygen atoms in total. The molecule has 1 rings (SSSR count). The van der Waals surface area contributed by atoms with Gasteiger partial charge < -0.3 is 10.6 Å². The highest BCUT2D eigenvalue weighted by Gasteiger charge is 2.06. The first-order valence-corrected chi connectivity index (χ1v) is 7.32. The maximum absolute atomic E-state index is 11.3. The quantitative estimate of drug-likeness (QED) is 0.858. The highest BCUT2D eigenvalue weighted by molar-refractivity contribution is 8.13. The molecule has 0 aromatic heterocycles. The van der Waals surface area contributed by atoms with Crippen LogP contribution in [0.15, 0.2) is 18.2 Å². The Balaban J connectivity index is 2.86. The van der Waals surface area contributed by atoms with E-state index in [4.69, 9.17) is 0 Å². The van der Waals surface area contributed by atoms with Crippen LogP contribution in [0.5, 0.6) is 0 Å². The number of thioether (sulfide) groups is 2. The van der Waals surface area contributed by atoms with Crippen molar-refractivity contribution in [3.8, 4) is 0 Å². The molecular formula is C11H14N2O2S2. The van der Waals surface area contributed by atoms with Gasteiger partial charge >= 0.3 is 0 Å². The summed E-state index contributed by atoms with van der Waals surface area (Å²) in [6.45, 7) is 1.90. The van der Waals surface area contributed by atoms with Crippen molar-refractivity contribution in [1.82, 2.24) is 0 Å². The number of carbonyl (C=O) groups is 2. The summed E-state index contributed by atoms with van der Waals surface area (Å²) in [6, 6.07) is 5.40. The van der Waals surface area contributed by atoms with E-state index in [1.165, 1.54) is 0 Å². The number of carbonyl (C=O) groups excluding carboxylic acids is 2. The maximum atomic E-state index is 11.3. The Hall–Kier alpha value is -1.14. The van der Waals surface area contributed by atoms with E-state index >= 15 is 0 Å². The summed E-state index contributed by atoms with van der Waals surface area (Å²) in [5.74, 6) is 0. The third-order valence-corrected chi connectivity index (χ3v) is 3.04. The molecule has 1 aromatic carbocycles. The highest BCUT2D eigenvalue weighted by atomic mass is 32.2. The van der Waals surface area contributed by atoms with Crippen LogP contribution in [0.2, 0.25) is 0 Å². The lowest BCUT2D eigenvalue weighted by Crippen LogP contribution is -2.08. The van der Waals surface area contributed by atoms with Crippen LogP contribution in [-0.2, 0) is 0 Å². The van der Waals surface area contributed by atoms with Crippen molar-refractivity contribution in [2.24, 2.45) is 0 Å². The standard InChI is InChI=1S/C11H14N2O2S2/c1-7-4-5-8(12-10(14)16-2)6-9(7)13-11(15)17-3/h4-6H,1-3H3,(H,12,14)(H,13,15). The maximum Gasteiger partial charge on any atom is 0.283 e. The highest BCUT2D eigenvalue weighted by Crippen LogP contribution is 2.22. The summed E-state index contributed by atoms with van der Waals surface area (Å²) in [5, 5.41) is 5.22. The molecule has 0 saturated carbocycles. The molecule has 0 radical (unpaired) electrons. The van der Waals surface area contributed by atoms with E-state index in [-0.39, 0.29) is 10.5 Å². The summed E-state index contributed by atoms with van der Waals surface area (Å²) >= 11 is 2.22. The predicted molar refractivity (Wildman–Crippen MR) is 76.2 cm³/mol. The molecule has 0 spiro atoms. The molecule has 6 heteroatoms. The van der Waals surface area contributed by atoms with Gasteiger partial charge in [0.1, 0.15) is 0 Å². The smallest absolute Gasteiger partial charge is 0.283 e. The van der Waals surface area contributed by atoms with Crippen LogP contribution in [0, 0.1) is 6.92 Å². The Morgan fingerprint density at radius 3 is 2.24 bits per heavy atom. The van der Waals surface area contributed by atoms with Gasteiger partial charge in [0.15, 0.2) is 0 Å². The van der Waals surface area contributed by atoms with Gasteiger partial charge in [-0.1, -0.05) is 29.6 Å². The Morgan fingerprint density at radius 2 is 1.65 bits per heavy atom.